The maximum Gasteiger partial charge on any atom is 0.308 e. The SMILES string of the molecule is CCn1c(=O)sc2cc(S(=O)(=O)Nc3cccc(Cl)c3Cl)ccc21. The lowest BCUT2D eigenvalue weighted by molar-refractivity contribution is 0.601. The Balaban J connectivity index is 2.05. The van der Waals surface area contributed by atoms with Gasteiger partial charge in [0.1, 0.15) is 0 Å². The van der Waals surface area contributed by atoms with Gasteiger partial charge in [0.15, 0.2) is 0 Å². The minimum absolute atomic E-state index is 0.0514. The Bertz CT molecular complexity index is 1090. The van der Waals surface area contributed by atoms with Crippen LogP contribution in [-0.4, -0.2) is 13.0 Å². The van der Waals surface area contributed by atoms with Gasteiger partial charge < -0.3 is 0 Å². The first-order valence-electron chi connectivity index (χ1n) is 6.93. The van der Waals surface area contributed by atoms with Crippen LogP contribution in [0.4, 0.5) is 5.69 Å². The van der Waals surface area contributed by atoms with E-state index in [1.165, 1.54) is 18.2 Å². The Morgan fingerprint density at radius 1 is 1.21 bits per heavy atom. The smallest absolute Gasteiger partial charge is 0.299 e. The van der Waals surface area contributed by atoms with Crippen molar-refractivity contribution in [2.75, 3.05) is 4.72 Å². The van der Waals surface area contributed by atoms with E-state index in [9.17, 15) is 13.2 Å². The standard InChI is InChI=1S/C15H12Cl2N2O3S2/c1-2-19-12-7-6-9(8-13(12)23-15(19)20)24(21,22)18-11-5-3-4-10(16)14(11)17/h3-8,18H,2H2,1H3. The first-order chi connectivity index (χ1) is 11.3. The van der Waals surface area contributed by atoms with E-state index in [0.717, 1.165) is 11.3 Å². The Kier molecular flexibility index (Phi) is 4.61. The van der Waals surface area contributed by atoms with Gasteiger partial charge in [-0.25, -0.2) is 8.42 Å². The summed E-state index contributed by atoms with van der Waals surface area (Å²) in [5.41, 5.74) is 0.913. The quantitative estimate of drug-likeness (QED) is 0.710. The van der Waals surface area contributed by atoms with Gasteiger partial charge in [-0.2, -0.15) is 0 Å². The minimum atomic E-state index is -3.85. The van der Waals surface area contributed by atoms with Crippen molar-refractivity contribution in [3.8, 4) is 0 Å². The summed E-state index contributed by atoms with van der Waals surface area (Å²) >= 11 is 12.9. The van der Waals surface area contributed by atoms with Crippen molar-refractivity contribution in [2.24, 2.45) is 0 Å². The molecule has 24 heavy (non-hydrogen) atoms. The number of sulfonamides is 1. The molecule has 3 aromatic rings. The Labute approximate surface area is 152 Å². The van der Waals surface area contributed by atoms with Crippen LogP contribution < -0.4 is 9.60 Å². The second-order valence-electron chi connectivity index (χ2n) is 4.95. The number of aryl methyl sites for hydroxylation is 1. The highest BCUT2D eigenvalue weighted by Gasteiger charge is 2.18. The van der Waals surface area contributed by atoms with Crippen LogP contribution in [0.15, 0.2) is 46.1 Å². The summed E-state index contributed by atoms with van der Waals surface area (Å²) in [6, 6.07) is 9.26. The maximum atomic E-state index is 12.6. The lowest BCUT2D eigenvalue weighted by Gasteiger charge is -2.10. The summed E-state index contributed by atoms with van der Waals surface area (Å²) in [5.74, 6) is 0. The zero-order valence-electron chi connectivity index (χ0n) is 12.4. The molecule has 5 nitrogen and oxygen atoms in total. The molecule has 0 radical (unpaired) electrons. The zero-order chi connectivity index (χ0) is 17.5. The van der Waals surface area contributed by atoms with Crippen LogP contribution in [0.1, 0.15) is 6.92 Å². The molecular weight excluding hydrogens is 391 g/mol. The zero-order valence-corrected chi connectivity index (χ0v) is 15.6. The molecule has 0 bridgehead atoms. The summed E-state index contributed by atoms with van der Waals surface area (Å²) in [5, 5.41) is 0.385. The van der Waals surface area contributed by atoms with Crippen molar-refractivity contribution in [1.29, 1.82) is 0 Å². The van der Waals surface area contributed by atoms with Crippen molar-refractivity contribution in [1.82, 2.24) is 4.57 Å². The number of hydrogen-bond donors (Lipinski definition) is 1. The van der Waals surface area contributed by atoms with Crippen LogP contribution >= 0.6 is 34.5 Å². The highest BCUT2D eigenvalue weighted by molar-refractivity contribution is 7.92. The van der Waals surface area contributed by atoms with Crippen molar-refractivity contribution >= 4 is 60.5 Å². The third-order valence-corrected chi connectivity index (χ3v) is 6.59. The number of rotatable bonds is 4. The molecule has 0 aliphatic heterocycles. The molecule has 0 aliphatic carbocycles. The summed E-state index contributed by atoms with van der Waals surface area (Å²) < 4.78 is 29.8. The molecule has 0 unspecified atom stereocenters. The number of nitrogens with one attached hydrogen (secondary N) is 1. The Morgan fingerprint density at radius 2 is 1.96 bits per heavy atom. The molecule has 0 aliphatic rings. The topological polar surface area (TPSA) is 68.2 Å². The van der Waals surface area contributed by atoms with Gasteiger partial charge in [-0.05, 0) is 37.3 Å². The first kappa shape index (κ1) is 17.3. The fourth-order valence-electron chi connectivity index (χ4n) is 2.30. The monoisotopic (exact) mass is 402 g/mol. The van der Waals surface area contributed by atoms with Gasteiger partial charge in [-0.1, -0.05) is 40.6 Å². The molecule has 0 amide bonds. The largest absolute Gasteiger partial charge is 0.308 e. The molecule has 2 aromatic carbocycles. The lowest BCUT2D eigenvalue weighted by Crippen LogP contribution is -2.13. The minimum Gasteiger partial charge on any atom is -0.299 e. The molecule has 0 fully saturated rings. The van der Waals surface area contributed by atoms with E-state index >= 15 is 0 Å². The molecule has 1 aromatic heterocycles. The molecule has 9 heteroatoms. The average molecular weight is 403 g/mol. The number of anilines is 1. The van der Waals surface area contributed by atoms with E-state index in [2.05, 4.69) is 4.72 Å². The van der Waals surface area contributed by atoms with Gasteiger partial charge >= 0.3 is 4.87 Å². The first-order valence-corrected chi connectivity index (χ1v) is 9.99. The normalized spacial score (nSPS) is 11.8. The van der Waals surface area contributed by atoms with Crippen LogP contribution in [0.5, 0.6) is 0 Å². The summed E-state index contributed by atoms with van der Waals surface area (Å²) in [6.45, 7) is 2.39. The third kappa shape index (κ3) is 3.04. The van der Waals surface area contributed by atoms with Crippen molar-refractivity contribution in [2.45, 2.75) is 18.4 Å². The highest BCUT2D eigenvalue weighted by atomic mass is 35.5. The van der Waals surface area contributed by atoms with E-state index < -0.39 is 10.0 Å². The number of thiazole rings is 1. The number of hydrogen-bond acceptors (Lipinski definition) is 4. The summed E-state index contributed by atoms with van der Waals surface area (Å²) in [6.07, 6.45) is 0. The van der Waals surface area contributed by atoms with E-state index in [0.29, 0.717) is 16.8 Å². The second kappa shape index (κ2) is 6.40. The average Bonchev–Trinajstić information content (AvgIpc) is 2.85. The Morgan fingerprint density at radius 3 is 2.67 bits per heavy atom. The van der Waals surface area contributed by atoms with E-state index in [1.54, 1.807) is 22.8 Å². The second-order valence-corrected chi connectivity index (χ2v) is 8.41. The molecular formula is C15H12Cl2N2O3S2. The molecule has 0 saturated heterocycles. The van der Waals surface area contributed by atoms with Gasteiger partial charge in [-0.15, -0.1) is 0 Å². The molecule has 126 valence electrons. The van der Waals surface area contributed by atoms with Gasteiger partial charge in [0.2, 0.25) is 0 Å². The fourth-order valence-corrected chi connectivity index (χ4v) is 4.87. The van der Waals surface area contributed by atoms with Crippen molar-refractivity contribution in [3.05, 3.63) is 56.1 Å². The van der Waals surface area contributed by atoms with Crippen LogP contribution in [0.2, 0.25) is 10.0 Å². The number of fused-ring (bicyclic) bond motifs is 1. The van der Waals surface area contributed by atoms with Crippen molar-refractivity contribution < 1.29 is 8.42 Å². The van der Waals surface area contributed by atoms with E-state index in [1.807, 2.05) is 6.92 Å². The maximum absolute atomic E-state index is 12.6. The Hall–Kier alpha value is -1.54. The van der Waals surface area contributed by atoms with Crippen LogP contribution in [-0.2, 0) is 16.6 Å². The third-order valence-electron chi connectivity index (χ3n) is 3.46. The number of halogens is 2. The predicted molar refractivity (Wildman–Crippen MR) is 99.0 cm³/mol. The van der Waals surface area contributed by atoms with Gasteiger partial charge in [0, 0.05) is 6.54 Å². The molecule has 1 heterocycles. The van der Waals surface area contributed by atoms with E-state index in [4.69, 9.17) is 23.2 Å². The van der Waals surface area contributed by atoms with Crippen molar-refractivity contribution in [3.63, 3.8) is 0 Å². The molecule has 1 N–H and O–H groups in total. The molecule has 3 rings (SSSR count). The predicted octanol–water partition coefficient (Wildman–Crippen LogP) is 4.19. The highest BCUT2D eigenvalue weighted by Crippen LogP contribution is 2.31. The molecule has 0 saturated carbocycles. The van der Waals surface area contributed by atoms with Gasteiger partial charge in [-0.3, -0.25) is 14.1 Å². The number of nitrogens with zero attached hydrogens (tertiary/aromatic N) is 1. The summed E-state index contributed by atoms with van der Waals surface area (Å²) in [7, 11) is -3.85. The molecule has 0 spiro atoms. The van der Waals surface area contributed by atoms with E-state index in [-0.39, 0.29) is 25.5 Å². The van der Waals surface area contributed by atoms with Gasteiger partial charge in [0.05, 0.1) is 30.8 Å². The van der Waals surface area contributed by atoms with Crippen LogP contribution in [0.25, 0.3) is 10.2 Å². The number of benzene rings is 2. The summed E-state index contributed by atoms with van der Waals surface area (Å²) in [4.78, 5) is 11.8. The number of aromatic nitrogens is 1. The molecule has 0 atom stereocenters. The lowest BCUT2D eigenvalue weighted by atomic mass is 10.3. The fraction of sp³-hybridized carbons (Fsp3) is 0.133. The van der Waals surface area contributed by atoms with Crippen LogP contribution in [0.3, 0.4) is 0 Å². The van der Waals surface area contributed by atoms with Crippen LogP contribution in [0, 0.1) is 0 Å². The van der Waals surface area contributed by atoms with Gasteiger partial charge in [0.25, 0.3) is 10.0 Å².